The van der Waals surface area contributed by atoms with Crippen molar-refractivity contribution in [3.05, 3.63) is 109 Å². The van der Waals surface area contributed by atoms with Crippen LogP contribution in [0.1, 0.15) is 201 Å². The number of aliphatic hydroxyl groups is 1. The summed E-state index contributed by atoms with van der Waals surface area (Å²) in [5.74, 6) is -1.59. The smallest absolute Gasteiger partial charge is 0.462 e. The van der Waals surface area contributed by atoms with Crippen molar-refractivity contribution in [2.45, 2.75) is 213 Å². The molecule has 3 unspecified atom stereocenters. The Morgan fingerprint density at radius 2 is 0.757 bits per heavy atom. The molecule has 0 saturated heterocycles. The number of ether oxygens (including phenoxy) is 3. The summed E-state index contributed by atoms with van der Waals surface area (Å²) in [5.41, 5.74) is 0. The molecule has 0 aromatic carbocycles. The third-order valence-corrected chi connectivity index (χ3v) is 11.6. The Balaban J connectivity index is 4.88. The highest BCUT2D eigenvalue weighted by atomic mass is 31.2. The molecule has 0 aromatic heterocycles. The Morgan fingerprint density at radius 3 is 1.23 bits per heavy atom. The number of allylic oxidation sites excluding steroid dienone is 18. The molecule has 0 radical (unpaired) electrons. The third-order valence-electron chi connectivity index (χ3n) is 10.7. The molecule has 0 amide bonds. The molecule has 70 heavy (non-hydrogen) atoms. The van der Waals surface area contributed by atoms with Gasteiger partial charge in [0.15, 0.2) is 6.10 Å². The highest BCUT2D eigenvalue weighted by molar-refractivity contribution is 7.47. The fourth-order valence-corrected chi connectivity index (χ4v) is 7.42. The lowest BCUT2D eigenvalue weighted by molar-refractivity contribution is -0.161. The predicted molar refractivity (Wildman–Crippen MR) is 288 cm³/mol. The number of hydrogen-bond acceptors (Lipinski definition) is 10. The number of hydrogen-bond donors (Lipinski definition) is 2. The van der Waals surface area contributed by atoms with Crippen LogP contribution in [0.3, 0.4) is 0 Å². The van der Waals surface area contributed by atoms with E-state index >= 15 is 0 Å². The maximum Gasteiger partial charge on any atom is 0.472 e. The van der Waals surface area contributed by atoms with Gasteiger partial charge in [-0.1, -0.05) is 175 Å². The Hall–Kier alpha value is -3.86. The molecule has 0 heterocycles. The number of carbonyl (C=O) groups excluding carboxylic acids is 3. The number of phosphoric acid groups is 1. The lowest BCUT2D eigenvalue weighted by Crippen LogP contribution is -2.30. The zero-order valence-corrected chi connectivity index (χ0v) is 44.6. The molecule has 0 saturated carbocycles. The summed E-state index contributed by atoms with van der Waals surface area (Å²) < 4.78 is 39.3. The monoisotopic (exact) mass is 999 g/mol. The average molecular weight is 999 g/mol. The van der Waals surface area contributed by atoms with Gasteiger partial charge in [0.1, 0.15) is 12.7 Å². The van der Waals surface area contributed by atoms with Crippen molar-refractivity contribution in [3.63, 3.8) is 0 Å². The first-order chi connectivity index (χ1) is 34.2. The summed E-state index contributed by atoms with van der Waals surface area (Å²) >= 11 is 0. The van der Waals surface area contributed by atoms with Gasteiger partial charge in [-0.2, -0.15) is 0 Å². The van der Waals surface area contributed by atoms with Gasteiger partial charge in [-0.3, -0.25) is 23.4 Å². The van der Waals surface area contributed by atoms with Gasteiger partial charge in [-0.05, 0) is 116 Å². The van der Waals surface area contributed by atoms with E-state index in [9.17, 15) is 28.9 Å². The topological polar surface area (TPSA) is 155 Å². The molecule has 12 heteroatoms. The fourth-order valence-electron chi connectivity index (χ4n) is 6.63. The molecule has 0 bridgehead atoms. The molecule has 0 aliphatic heterocycles. The number of aliphatic hydroxyl groups excluding tert-OH is 1. The van der Waals surface area contributed by atoms with Gasteiger partial charge in [0.05, 0.1) is 19.8 Å². The number of rotatable bonds is 48. The van der Waals surface area contributed by atoms with Crippen molar-refractivity contribution >= 4 is 25.7 Å². The second-order valence-corrected chi connectivity index (χ2v) is 18.7. The summed E-state index contributed by atoms with van der Waals surface area (Å²) in [5, 5.41) is 9.78. The Labute approximate surface area is 425 Å². The van der Waals surface area contributed by atoms with E-state index in [1.165, 1.54) is 25.7 Å². The predicted octanol–water partition coefficient (Wildman–Crippen LogP) is 15.5. The molecule has 0 rings (SSSR count). The first-order valence-electron chi connectivity index (χ1n) is 26.8. The van der Waals surface area contributed by atoms with E-state index in [2.05, 4.69) is 118 Å². The highest BCUT2D eigenvalue weighted by Crippen LogP contribution is 2.43. The molecule has 3 atom stereocenters. The van der Waals surface area contributed by atoms with Crippen molar-refractivity contribution < 1.29 is 52.2 Å². The van der Waals surface area contributed by atoms with Gasteiger partial charge >= 0.3 is 25.7 Å². The van der Waals surface area contributed by atoms with Crippen LogP contribution in [0.4, 0.5) is 0 Å². The second-order valence-electron chi connectivity index (χ2n) is 17.3. The van der Waals surface area contributed by atoms with Gasteiger partial charge in [0, 0.05) is 19.3 Å². The van der Waals surface area contributed by atoms with Crippen LogP contribution < -0.4 is 0 Å². The maximum absolute atomic E-state index is 12.9. The van der Waals surface area contributed by atoms with Crippen LogP contribution in [0.25, 0.3) is 0 Å². The van der Waals surface area contributed by atoms with Crippen molar-refractivity contribution in [2.24, 2.45) is 0 Å². The van der Waals surface area contributed by atoms with Crippen LogP contribution in [0.2, 0.25) is 0 Å². The number of unbranched alkanes of at least 4 members (excludes halogenated alkanes) is 13. The summed E-state index contributed by atoms with van der Waals surface area (Å²) in [6.07, 6.45) is 60.7. The van der Waals surface area contributed by atoms with E-state index in [0.29, 0.717) is 25.7 Å². The lowest BCUT2D eigenvalue weighted by Gasteiger charge is -2.21. The van der Waals surface area contributed by atoms with E-state index < -0.39 is 57.8 Å². The van der Waals surface area contributed by atoms with Gasteiger partial charge in [-0.15, -0.1) is 0 Å². The summed E-state index contributed by atoms with van der Waals surface area (Å²) in [6, 6.07) is 0. The van der Waals surface area contributed by atoms with Crippen LogP contribution in [0.15, 0.2) is 109 Å². The largest absolute Gasteiger partial charge is 0.472 e. The molecular weight excluding hydrogens is 904 g/mol. The van der Waals surface area contributed by atoms with E-state index in [-0.39, 0.29) is 25.9 Å². The quantitative estimate of drug-likeness (QED) is 0.0197. The van der Waals surface area contributed by atoms with E-state index in [4.69, 9.17) is 23.3 Å². The van der Waals surface area contributed by atoms with Crippen molar-refractivity contribution in [1.82, 2.24) is 0 Å². The van der Waals surface area contributed by atoms with Crippen LogP contribution in [-0.2, 0) is 42.2 Å². The van der Waals surface area contributed by atoms with E-state index in [0.717, 1.165) is 109 Å². The van der Waals surface area contributed by atoms with Crippen LogP contribution in [-0.4, -0.2) is 66.5 Å². The van der Waals surface area contributed by atoms with Gasteiger partial charge in [0.25, 0.3) is 0 Å². The summed E-state index contributed by atoms with van der Waals surface area (Å²) in [6.45, 7) is 4.26. The molecule has 2 N–H and O–H groups in total. The molecule has 0 aliphatic carbocycles. The van der Waals surface area contributed by atoms with Gasteiger partial charge in [-0.25, -0.2) is 4.57 Å². The second kappa shape index (κ2) is 51.5. The number of carbonyl (C=O) groups is 3. The lowest BCUT2D eigenvalue weighted by atomic mass is 10.1. The summed E-state index contributed by atoms with van der Waals surface area (Å²) in [4.78, 5) is 48.3. The number of phosphoric ester groups is 1. The van der Waals surface area contributed by atoms with Crippen LogP contribution in [0, 0.1) is 0 Å². The van der Waals surface area contributed by atoms with Gasteiger partial charge < -0.3 is 24.2 Å². The molecule has 0 spiro atoms. The molecule has 0 aliphatic rings. The molecule has 0 fully saturated rings. The molecule has 398 valence electrons. The normalized spacial score (nSPS) is 14.3. The van der Waals surface area contributed by atoms with Crippen LogP contribution in [0.5, 0.6) is 0 Å². The standard InChI is InChI=1S/C58H95O11P/c1-4-7-10-13-16-19-22-25-26-27-28-31-34-37-40-43-46-49-58(62)69-55(51-65-56(60)47-44-41-38-35-32-29-23-20-17-14-11-8-5-2)53-67-70(63,64)66-52-54(50-59)68-57(61)48-45-42-39-36-33-30-24-21-18-15-12-9-6-3/h7,9-10,12,16,18-21,23,25-26,28,30-31,33,37,40,54-55,59H,4-6,8,11,13-15,17,22,24,27,29,32,34-36,38-39,41-53H2,1-3H3,(H,63,64)/b10-7-,12-9-,19-16-,21-18-,23-20-,26-25-,31-28-,33-30-,40-37-. The molecule has 0 aromatic rings. The molecule has 11 nitrogen and oxygen atoms in total. The highest BCUT2D eigenvalue weighted by Gasteiger charge is 2.28. The van der Waals surface area contributed by atoms with Crippen molar-refractivity contribution in [1.29, 1.82) is 0 Å². The first kappa shape index (κ1) is 66.1. The summed E-state index contributed by atoms with van der Waals surface area (Å²) in [7, 11) is -4.77. The minimum absolute atomic E-state index is 0.0802. The Morgan fingerprint density at radius 1 is 0.414 bits per heavy atom. The van der Waals surface area contributed by atoms with Crippen molar-refractivity contribution in [2.75, 3.05) is 26.4 Å². The van der Waals surface area contributed by atoms with Crippen LogP contribution >= 0.6 is 7.82 Å². The van der Waals surface area contributed by atoms with Crippen molar-refractivity contribution in [3.8, 4) is 0 Å². The average Bonchev–Trinajstić information content (AvgIpc) is 3.35. The minimum atomic E-state index is -4.77. The number of esters is 3. The van der Waals surface area contributed by atoms with E-state index in [1.54, 1.807) is 0 Å². The third kappa shape index (κ3) is 49.1. The zero-order chi connectivity index (χ0) is 51.3. The minimum Gasteiger partial charge on any atom is -0.462 e. The van der Waals surface area contributed by atoms with E-state index in [1.807, 2.05) is 12.2 Å². The maximum atomic E-state index is 12.9. The Bertz CT molecular complexity index is 1590. The first-order valence-corrected chi connectivity index (χ1v) is 28.3. The molecular formula is C58H95O11P. The Kier molecular flexibility index (Phi) is 48.7. The fraction of sp³-hybridized carbons (Fsp3) is 0.638. The SMILES string of the molecule is CC/C=C\C/C=C\C/C=C\C/C=C\C/C=C\CCCC(=O)OC(COC(=O)CCCCCCC/C=C\CCCCCC)COP(=O)(O)OCC(CO)OC(=O)CCCCC/C=C\C/C=C\C/C=C\CC. The zero-order valence-electron chi connectivity index (χ0n) is 43.7. The van der Waals surface area contributed by atoms with Gasteiger partial charge in [0.2, 0.25) is 0 Å².